The van der Waals surface area contributed by atoms with Crippen molar-refractivity contribution >= 4 is 33.7 Å². The summed E-state index contributed by atoms with van der Waals surface area (Å²) in [4.78, 5) is 34.9. The number of hydrogen-bond acceptors (Lipinski definition) is 4. The summed E-state index contributed by atoms with van der Waals surface area (Å²) in [6, 6.07) is 6.72. The lowest BCUT2D eigenvalue weighted by molar-refractivity contribution is -0.147. The highest BCUT2D eigenvalue weighted by molar-refractivity contribution is 9.10. The predicted molar refractivity (Wildman–Crippen MR) is 89.9 cm³/mol. The van der Waals surface area contributed by atoms with E-state index in [-0.39, 0.29) is 31.0 Å². The van der Waals surface area contributed by atoms with Gasteiger partial charge in [0.25, 0.3) is 11.8 Å². The summed E-state index contributed by atoms with van der Waals surface area (Å²) < 4.78 is 5.67. The molecule has 6 nitrogen and oxygen atoms in total. The van der Waals surface area contributed by atoms with Gasteiger partial charge >= 0.3 is 5.97 Å². The Kier molecular flexibility index (Phi) is 7.74. The van der Waals surface area contributed by atoms with Crippen LogP contribution in [0.3, 0.4) is 0 Å². The van der Waals surface area contributed by atoms with Gasteiger partial charge in [0, 0.05) is 16.1 Å². The maximum Gasteiger partial charge on any atom is 0.325 e. The Hall–Kier alpha value is -1.89. The van der Waals surface area contributed by atoms with Gasteiger partial charge in [0.15, 0.2) is 6.61 Å². The van der Waals surface area contributed by atoms with E-state index in [1.54, 1.807) is 24.3 Å². The van der Waals surface area contributed by atoms with Crippen molar-refractivity contribution < 1.29 is 19.1 Å². The number of hydrogen-bond donors (Lipinski definition) is 2. The fraction of sp³-hybridized carbons (Fsp3) is 0.438. The van der Waals surface area contributed by atoms with Crippen LogP contribution in [0.2, 0.25) is 0 Å². The summed E-state index contributed by atoms with van der Waals surface area (Å²) in [6.45, 7) is 5.19. The smallest absolute Gasteiger partial charge is 0.325 e. The molecule has 0 fully saturated rings. The predicted octanol–water partition coefficient (Wildman–Crippen LogP) is 1.88. The van der Waals surface area contributed by atoms with Crippen LogP contribution in [-0.2, 0) is 14.3 Å². The molecule has 1 aromatic carbocycles. The summed E-state index contributed by atoms with van der Waals surface area (Å²) in [5, 5.41) is 5.16. The lowest BCUT2D eigenvalue weighted by atomic mass is 10.1. The molecule has 0 aromatic heterocycles. The normalized spacial score (nSPS) is 11.7. The van der Waals surface area contributed by atoms with E-state index in [1.807, 2.05) is 20.8 Å². The van der Waals surface area contributed by atoms with Crippen LogP contribution in [0.1, 0.15) is 31.1 Å². The molecule has 0 radical (unpaired) electrons. The average Bonchev–Trinajstić information content (AvgIpc) is 2.51. The Labute approximate surface area is 144 Å². The third kappa shape index (κ3) is 7.27. The Bertz CT molecular complexity index is 558. The molecule has 23 heavy (non-hydrogen) atoms. The monoisotopic (exact) mass is 384 g/mol. The Morgan fingerprint density at radius 3 is 2.30 bits per heavy atom. The molecule has 1 rings (SSSR count). The fourth-order valence-corrected chi connectivity index (χ4v) is 1.78. The summed E-state index contributed by atoms with van der Waals surface area (Å²) >= 11 is 3.27. The van der Waals surface area contributed by atoms with Gasteiger partial charge in [0.05, 0.1) is 0 Å². The lowest BCUT2D eigenvalue weighted by Crippen LogP contribution is -2.39. The van der Waals surface area contributed by atoms with Crippen molar-refractivity contribution in [2.75, 3.05) is 13.2 Å². The van der Waals surface area contributed by atoms with Gasteiger partial charge in [-0.15, -0.1) is 0 Å². The standard InChI is InChI=1S/C16H21BrN2O4/c1-10(2)11(3)19-14(20)9-23-15(21)8-18-16(22)12-4-6-13(17)7-5-12/h4-7,10-11H,8-9H2,1-3H3,(H,18,22)(H,19,20)/t11-/m1/s1. The molecular weight excluding hydrogens is 364 g/mol. The second-order valence-corrected chi connectivity index (χ2v) is 6.37. The van der Waals surface area contributed by atoms with Crippen molar-refractivity contribution in [3.05, 3.63) is 34.3 Å². The molecule has 0 aliphatic carbocycles. The fourth-order valence-electron chi connectivity index (χ4n) is 1.52. The van der Waals surface area contributed by atoms with Gasteiger partial charge in [-0.05, 0) is 37.1 Å². The minimum Gasteiger partial charge on any atom is -0.454 e. The van der Waals surface area contributed by atoms with Gasteiger partial charge in [0.1, 0.15) is 6.54 Å². The SMILES string of the molecule is CC(C)[C@@H](C)NC(=O)COC(=O)CNC(=O)c1ccc(Br)cc1. The van der Waals surface area contributed by atoms with Gasteiger partial charge < -0.3 is 15.4 Å². The quantitative estimate of drug-likeness (QED) is 0.702. The van der Waals surface area contributed by atoms with E-state index in [2.05, 4.69) is 26.6 Å². The van der Waals surface area contributed by atoms with E-state index in [4.69, 9.17) is 4.74 Å². The number of nitrogens with one attached hydrogen (secondary N) is 2. The molecule has 2 amide bonds. The Balaban J connectivity index is 2.30. The van der Waals surface area contributed by atoms with Crippen LogP contribution in [0.5, 0.6) is 0 Å². The molecule has 1 atom stereocenters. The highest BCUT2D eigenvalue weighted by atomic mass is 79.9. The van der Waals surface area contributed by atoms with Crippen LogP contribution in [0.4, 0.5) is 0 Å². The van der Waals surface area contributed by atoms with Crippen molar-refractivity contribution in [3.8, 4) is 0 Å². The first-order chi connectivity index (χ1) is 10.8. The van der Waals surface area contributed by atoms with Crippen molar-refractivity contribution in [1.82, 2.24) is 10.6 Å². The van der Waals surface area contributed by atoms with Gasteiger partial charge in [-0.2, -0.15) is 0 Å². The summed E-state index contributed by atoms with van der Waals surface area (Å²) in [5.74, 6) is -1.12. The summed E-state index contributed by atoms with van der Waals surface area (Å²) in [5.41, 5.74) is 0.435. The Morgan fingerprint density at radius 2 is 1.74 bits per heavy atom. The second-order valence-electron chi connectivity index (χ2n) is 5.45. The summed E-state index contributed by atoms with van der Waals surface area (Å²) in [7, 11) is 0. The van der Waals surface area contributed by atoms with Crippen LogP contribution in [-0.4, -0.2) is 37.0 Å². The highest BCUT2D eigenvalue weighted by Crippen LogP contribution is 2.10. The molecule has 126 valence electrons. The molecule has 0 saturated carbocycles. The van der Waals surface area contributed by atoms with Gasteiger partial charge in [-0.1, -0.05) is 29.8 Å². The van der Waals surface area contributed by atoms with E-state index in [0.717, 1.165) is 4.47 Å². The molecule has 0 bridgehead atoms. The first-order valence-corrected chi connectivity index (χ1v) is 8.07. The molecule has 0 saturated heterocycles. The highest BCUT2D eigenvalue weighted by Gasteiger charge is 2.13. The molecule has 0 heterocycles. The van der Waals surface area contributed by atoms with E-state index in [9.17, 15) is 14.4 Å². The lowest BCUT2D eigenvalue weighted by Gasteiger charge is -2.17. The van der Waals surface area contributed by atoms with Crippen LogP contribution in [0.15, 0.2) is 28.7 Å². The van der Waals surface area contributed by atoms with Gasteiger partial charge in [0.2, 0.25) is 0 Å². The third-order valence-corrected chi connectivity index (χ3v) is 3.78. The average molecular weight is 385 g/mol. The number of amides is 2. The number of carbonyl (C=O) groups excluding carboxylic acids is 3. The van der Waals surface area contributed by atoms with Crippen molar-refractivity contribution in [3.63, 3.8) is 0 Å². The summed E-state index contributed by atoms with van der Waals surface area (Å²) in [6.07, 6.45) is 0. The van der Waals surface area contributed by atoms with Crippen LogP contribution < -0.4 is 10.6 Å². The third-order valence-electron chi connectivity index (χ3n) is 3.25. The zero-order chi connectivity index (χ0) is 17.4. The number of ether oxygens (including phenoxy) is 1. The zero-order valence-corrected chi connectivity index (χ0v) is 15.0. The van der Waals surface area contributed by atoms with Gasteiger partial charge in [-0.25, -0.2) is 0 Å². The molecule has 2 N–H and O–H groups in total. The topological polar surface area (TPSA) is 84.5 Å². The van der Waals surface area contributed by atoms with E-state index < -0.39 is 5.97 Å². The minimum atomic E-state index is -0.664. The van der Waals surface area contributed by atoms with E-state index in [0.29, 0.717) is 11.5 Å². The van der Waals surface area contributed by atoms with E-state index >= 15 is 0 Å². The molecule has 0 aliphatic heterocycles. The maximum absolute atomic E-state index is 11.8. The molecule has 7 heteroatoms. The molecule has 0 spiro atoms. The molecule has 0 unspecified atom stereocenters. The minimum absolute atomic E-state index is 0.00157. The van der Waals surface area contributed by atoms with Crippen molar-refractivity contribution in [1.29, 1.82) is 0 Å². The number of carbonyl (C=O) groups is 3. The van der Waals surface area contributed by atoms with E-state index in [1.165, 1.54) is 0 Å². The van der Waals surface area contributed by atoms with Crippen LogP contribution in [0, 0.1) is 5.92 Å². The number of halogens is 1. The zero-order valence-electron chi connectivity index (χ0n) is 13.4. The molecule has 1 aromatic rings. The first-order valence-electron chi connectivity index (χ1n) is 7.28. The van der Waals surface area contributed by atoms with Crippen molar-refractivity contribution in [2.24, 2.45) is 5.92 Å². The molecule has 0 aliphatic rings. The maximum atomic E-state index is 11.8. The molecular formula is C16H21BrN2O4. The van der Waals surface area contributed by atoms with Crippen LogP contribution >= 0.6 is 15.9 Å². The number of esters is 1. The number of benzene rings is 1. The largest absolute Gasteiger partial charge is 0.454 e. The first kappa shape index (κ1) is 19.2. The number of rotatable bonds is 7. The van der Waals surface area contributed by atoms with Crippen LogP contribution in [0.25, 0.3) is 0 Å². The van der Waals surface area contributed by atoms with Crippen molar-refractivity contribution in [2.45, 2.75) is 26.8 Å². The second kappa shape index (κ2) is 9.29. The Morgan fingerprint density at radius 1 is 1.13 bits per heavy atom. The van der Waals surface area contributed by atoms with Gasteiger partial charge in [-0.3, -0.25) is 14.4 Å².